The number of pyridine rings is 1. The Kier molecular flexibility index (Phi) is 4.77. The van der Waals surface area contributed by atoms with E-state index in [0.717, 1.165) is 0 Å². The van der Waals surface area contributed by atoms with Crippen molar-refractivity contribution in [1.29, 1.82) is 0 Å². The topological polar surface area (TPSA) is 114 Å². The molecule has 1 aromatic carbocycles. The Bertz CT molecular complexity index is 882. The molecular formula is C16H15N3O5S. The minimum absolute atomic E-state index is 0.00545. The number of sulfonamides is 1. The van der Waals surface area contributed by atoms with E-state index in [9.17, 15) is 18.0 Å². The third kappa shape index (κ3) is 4.01. The van der Waals surface area contributed by atoms with Crippen LogP contribution in [-0.2, 0) is 19.6 Å². The van der Waals surface area contributed by atoms with Crippen molar-refractivity contribution in [2.45, 2.75) is 17.4 Å². The first-order valence-electron chi connectivity index (χ1n) is 7.46. The summed E-state index contributed by atoms with van der Waals surface area (Å²) in [4.78, 5) is 27.3. The van der Waals surface area contributed by atoms with Gasteiger partial charge in [0.1, 0.15) is 6.04 Å². The van der Waals surface area contributed by atoms with Crippen LogP contribution in [0.25, 0.3) is 0 Å². The van der Waals surface area contributed by atoms with E-state index < -0.39 is 22.0 Å². The molecule has 0 spiro atoms. The molecule has 1 saturated heterocycles. The zero-order valence-corrected chi connectivity index (χ0v) is 13.8. The Balaban J connectivity index is 1.69. The number of carbonyl (C=O) groups is 2. The standard InChI is InChI=1S/C16H15N3O5S/c20-15(11-5-8-17-9-6-11)18-12-1-3-13(4-2-12)25(22,23)19-14-7-10-24-16(14)21/h1-6,8-9,14,19H,7,10H2,(H,18,20). The second kappa shape index (κ2) is 6.99. The van der Waals surface area contributed by atoms with Gasteiger partial charge in [0, 0.05) is 30.1 Å². The summed E-state index contributed by atoms with van der Waals surface area (Å²) in [5, 5.41) is 2.66. The molecule has 2 heterocycles. The van der Waals surface area contributed by atoms with Crippen LogP contribution in [0.15, 0.2) is 53.7 Å². The largest absolute Gasteiger partial charge is 0.464 e. The number of benzene rings is 1. The Morgan fingerprint density at radius 2 is 1.80 bits per heavy atom. The number of rotatable bonds is 5. The number of aromatic nitrogens is 1. The van der Waals surface area contributed by atoms with E-state index in [1.54, 1.807) is 12.1 Å². The highest BCUT2D eigenvalue weighted by atomic mass is 32.2. The van der Waals surface area contributed by atoms with Gasteiger partial charge in [-0.1, -0.05) is 0 Å². The summed E-state index contributed by atoms with van der Waals surface area (Å²) in [6.45, 7) is 0.200. The number of esters is 1. The van der Waals surface area contributed by atoms with E-state index in [1.165, 1.54) is 36.7 Å². The molecule has 1 aromatic heterocycles. The molecule has 1 unspecified atom stereocenters. The summed E-state index contributed by atoms with van der Waals surface area (Å²) in [6.07, 6.45) is 3.31. The predicted octanol–water partition coefficient (Wildman–Crippen LogP) is 0.928. The van der Waals surface area contributed by atoms with Gasteiger partial charge in [-0.15, -0.1) is 0 Å². The molecule has 1 aliphatic heterocycles. The maximum atomic E-state index is 12.3. The number of ether oxygens (including phenoxy) is 1. The first-order chi connectivity index (χ1) is 12.0. The second-order valence-electron chi connectivity index (χ2n) is 5.34. The van der Waals surface area contributed by atoms with Crippen LogP contribution in [0.3, 0.4) is 0 Å². The molecule has 130 valence electrons. The highest BCUT2D eigenvalue weighted by Crippen LogP contribution is 2.17. The number of nitrogens with one attached hydrogen (secondary N) is 2. The SMILES string of the molecule is O=C(Nc1ccc(S(=O)(=O)NC2CCOC2=O)cc1)c1ccncc1. The quantitative estimate of drug-likeness (QED) is 0.766. The smallest absolute Gasteiger partial charge is 0.324 e. The Hall–Kier alpha value is -2.78. The van der Waals surface area contributed by atoms with Crippen LogP contribution in [0.2, 0.25) is 0 Å². The van der Waals surface area contributed by atoms with Crippen molar-refractivity contribution < 1.29 is 22.7 Å². The van der Waals surface area contributed by atoms with E-state index >= 15 is 0 Å². The van der Waals surface area contributed by atoms with Crippen LogP contribution in [-0.4, -0.2) is 37.9 Å². The van der Waals surface area contributed by atoms with E-state index in [1.807, 2.05) is 0 Å². The minimum atomic E-state index is -3.85. The molecule has 0 aliphatic carbocycles. The van der Waals surface area contributed by atoms with Crippen LogP contribution in [0.1, 0.15) is 16.8 Å². The minimum Gasteiger partial charge on any atom is -0.464 e. The molecule has 0 radical (unpaired) electrons. The van der Waals surface area contributed by atoms with Gasteiger partial charge in [0.25, 0.3) is 5.91 Å². The van der Waals surface area contributed by atoms with Crippen molar-refractivity contribution in [2.75, 3.05) is 11.9 Å². The molecule has 8 nitrogen and oxygen atoms in total. The van der Waals surface area contributed by atoms with Gasteiger partial charge in [-0.3, -0.25) is 14.6 Å². The summed E-state index contributed by atoms with van der Waals surface area (Å²) in [7, 11) is -3.85. The van der Waals surface area contributed by atoms with Gasteiger partial charge in [-0.25, -0.2) is 8.42 Å². The number of hydrogen-bond donors (Lipinski definition) is 2. The molecular weight excluding hydrogens is 346 g/mol. The van der Waals surface area contributed by atoms with E-state index in [2.05, 4.69) is 15.0 Å². The number of carbonyl (C=O) groups excluding carboxylic acids is 2. The fourth-order valence-electron chi connectivity index (χ4n) is 2.28. The van der Waals surface area contributed by atoms with Crippen molar-refractivity contribution in [3.05, 3.63) is 54.4 Å². The van der Waals surface area contributed by atoms with Crippen LogP contribution >= 0.6 is 0 Å². The van der Waals surface area contributed by atoms with Gasteiger partial charge in [-0.2, -0.15) is 4.72 Å². The lowest BCUT2D eigenvalue weighted by atomic mass is 10.2. The van der Waals surface area contributed by atoms with Crippen molar-refractivity contribution in [3.63, 3.8) is 0 Å². The zero-order chi connectivity index (χ0) is 17.9. The molecule has 1 aliphatic rings. The Morgan fingerprint density at radius 3 is 2.40 bits per heavy atom. The van der Waals surface area contributed by atoms with Crippen molar-refractivity contribution in [2.24, 2.45) is 0 Å². The fourth-order valence-corrected chi connectivity index (χ4v) is 3.50. The molecule has 9 heteroatoms. The molecule has 3 rings (SSSR count). The average Bonchev–Trinajstić information content (AvgIpc) is 3.00. The average molecular weight is 361 g/mol. The first-order valence-corrected chi connectivity index (χ1v) is 8.94. The Morgan fingerprint density at radius 1 is 1.12 bits per heavy atom. The van der Waals surface area contributed by atoms with Gasteiger partial charge in [0.15, 0.2) is 0 Å². The molecule has 1 fully saturated rings. The lowest BCUT2D eigenvalue weighted by Gasteiger charge is -2.11. The monoisotopic (exact) mass is 361 g/mol. The molecule has 2 aromatic rings. The number of amides is 1. The number of cyclic esters (lactones) is 1. The molecule has 1 atom stereocenters. The predicted molar refractivity (Wildman–Crippen MR) is 88.3 cm³/mol. The lowest BCUT2D eigenvalue weighted by molar-refractivity contribution is -0.139. The van der Waals surface area contributed by atoms with Crippen LogP contribution in [0, 0.1) is 0 Å². The third-order valence-electron chi connectivity index (χ3n) is 3.60. The van der Waals surface area contributed by atoms with Crippen LogP contribution < -0.4 is 10.0 Å². The molecule has 1 amide bonds. The van der Waals surface area contributed by atoms with Crippen LogP contribution in [0.4, 0.5) is 5.69 Å². The van der Waals surface area contributed by atoms with E-state index in [4.69, 9.17) is 4.74 Å². The Labute approximate surface area is 144 Å². The van der Waals surface area contributed by atoms with Crippen LogP contribution in [0.5, 0.6) is 0 Å². The molecule has 2 N–H and O–H groups in total. The highest BCUT2D eigenvalue weighted by Gasteiger charge is 2.31. The zero-order valence-electron chi connectivity index (χ0n) is 13.0. The van der Waals surface area contributed by atoms with Crippen molar-refractivity contribution in [3.8, 4) is 0 Å². The normalized spacial score (nSPS) is 17.1. The van der Waals surface area contributed by atoms with Gasteiger partial charge in [-0.05, 0) is 36.4 Å². The number of hydrogen-bond acceptors (Lipinski definition) is 6. The summed E-state index contributed by atoms with van der Waals surface area (Å²) >= 11 is 0. The summed E-state index contributed by atoms with van der Waals surface area (Å²) in [5.74, 6) is -0.908. The summed E-state index contributed by atoms with van der Waals surface area (Å²) in [5.41, 5.74) is 0.883. The molecule has 0 saturated carbocycles. The van der Waals surface area contributed by atoms with Gasteiger partial charge in [0.05, 0.1) is 11.5 Å². The van der Waals surface area contributed by atoms with Crippen molar-refractivity contribution in [1.82, 2.24) is 9.71 Å². The maximum absolute atomic E-state index is 12.3. The number of anilines is 1. The summed E-state index contributed by atoms with van der Waals surface area (Å²) < 4.78 is 31.6. The summed E-state index contributed by atoms with van der Waals surface area (Å²) in [6, 6.07) is 7.92. The van der Waals surface area contributed by atoms with Gasteiger partial charge >= 0.3 is 5.97 Å². The van der Waals surface area contributed by atoms with E-state index in [-0.39, 0.29) is 17.4 Å². The lowest BCUT2D eigenvalue weighted by Crippen LogP contribution is -2.37. The fraction of sp³-hybridized carbons (Fsp3) is 0.188. The first kappa shape index (κ1) is 17.1. The van der Waals surface area contributed by atoms with Crippen molar-refractivity contribution >= 4 is 27.6 Å². The molecule has 0 bridgehead atoms. The van der Waals surface area contributed by atoms with Gasteiger partial charge in [0.2, 0.25) is 10.0 Å². The van der Waals surface area contributed by atoms with Gasteiger partial charge < -0.3 is 10.1 Å². The third-order valence-corrected chi connectivity index (χ3v) is 5.09. The second-order valence-corrected chi connectivity index (χ2v) is 7.06. The van der Waals surface area contributed by atoms with E-state index in [0.29, 0.717) is 17.7 Å². The highest BCUT2D eigenvalue weighted by molar-refractivity contribution is 7.89. The molecule has 25 heavy (non-hydrogen) atoms. The maximum Gasteiger partial charge on any atom is 0.324 e. The number of nitrogens with zero attached hydrogens (tertiary/aromatic N) is 1.